The lowest BCUT2D eigenvalue weighted by atomic mass is 9.88. The molecule has 2 saturated heterocycles. The number of methoxy groups -OCH3 is 1. The van der Waals surface area contributed by atoms with E-state index in [1.54, 1.807) is 14.0 Å². The molecule has 1 aromatic carbocycles. The van der Waals surface area contributed by atoms with Crippen LogP contribution in [0.1, 0.15) is 85.0 Å². The van der Waals surface area contributed by atoms with Crippen molar-refractivity contribution >= 4 is 50.4 Å². The number of allylic oxidation sites excluding steroid dienone is 1. The largest absolute Gasteiger partial charge is 0.497 e. The van der Waals surface area contributed by atoms with Crippen LogP contribution in [-0.4, -0.2) is 117 Å². The van der Waals surface area contributed by atoms with E-state index in [9.17, 15) is 22.8 Å². The number of rotatable bonds is 9. The van der Waals surface area contributed by atoms with Gasteiger partial charge in [0.15, 0.2) is 0 Å². The summed E-state index contributed by atoms with van der Waals surface area (Å²) in [4.78, 5) is 66.1. The molecule has 2 aromatic rings. The molecule has 6 fully saturated rings. The van der Waals surface area contributed by atoms with Crippen LogP contribution < -0.4 is 29.7 Å². The first kappa shape index (κ1) is 42.7. The second-order valence-electron chi connectivity index (χ2n) is 19.3. The Labute approximate surface area is 363 Å². The van der Waals surface area contributed by atoms with Gasteiger partial charge in [-0.2, -0.15) is 4.98 Å². The molecule has 7 aliphatic rings. The number of anilines is 1. The number of alkyl carbamates (subject to hydrolysis) is 1. The number of hydrogen-bond acceptors (Lipinski definition) is 12. The minimum atomic E-state index is -4.01. The molecule has 0 spiro atoms. The summed E-state index contributed by atoms with van der Waals surface area (Å²) in [5, 5.41) is 7.44. The first-order valence-corrected chi connectivity index (χ1v) is 23.9. The summed E-state index contributed by atoms with van der Waals surface area (Å²) in [5.41, 5.74) is -1.54. The lowest BCUT2D eigenvalue weighted by molar-refractivity contribution is -0.142. The van der Waals surface area contributed by atoms with Crippen LogP contribution in [0.5, 0.6) is 11.6 Å². The molecule has 4 heterocycles. The van der Waals surface area contributed by atoms with Crippen LogP contribution in [-0.2, 0) is 33.9 Å². The van der Waals surface area contributed by atoms with Gasteiger partial charge in [0.05, 0.1) is 31.6 Å². The number of amides is 4. The van der Waals surface area contributed by atoms with Crippen LogP contribution in [0.25, 0.3) is 10.8 Å². The lowest BCUT2D eigenvalue weighted by Gasteiger charge is -2.33. The van der Waals surface area contributed by atoms with Crippen LogP contribution in [0.4, 0.5) is 10.6 Å². The lowest BCUT2D eigenvalue weighted by Crippen LogP contribution is -2.59. The van der Waals surface area contributed by atoms with Gasteiger partial charge >= 0.3 is 6.09 Å². The summed E-state index contributed by atoms with van der Waals surface area (Å²) in [7, 11) is -2.41. The van der Waals surface area contributed by atoms with Gasteiger partial charge in [0.2, 0.25) is 27.7 Å². The van der Waals surface area contributed by atoms with E-state index in [4.69, 9.17) is 23.9 Å². The van der Waals surface area contributed by atoms with Gasteiger partial charge in [0, 0.05) is 30.8 Å². The number of pyridine rings is 1. The monoisotopic (exact) mass is 876 g/mol. The van der Waals surface area contributed by atoms with Crippen LogP contribution in [0.2, 0.25) is 0 Å². The fourth-order valence-electron chi connectivity index (χ4n) is 10.2. The Kier molecular flexibility index (Phi) is 11.3. The van der Waals surface area contributed by atoms with Crippen molar-refractivity contribution in [2.45, 2.75) is 120 Å². The highest BCUT2D eigenvalue weighted by molar-refractivity contribution is 7.91. The summed E-state index contributed by atoms with van der Waals surface area (Å²) >= 11 is 0. The number of benzene rings is 1. The van der Waals surface area contributed by atoms with E-state index in [0.717, 1.165) is 24.6 Å². The van der Waals surface area contributed by atoms with E-state index >= 15 is 4.79 Å². The zero-order valence-electron chi connectivity index (χ0n) is 36.1. The zero-order valence-corrected chi connectivity index (χ0v) is 36.9. The summed E-state index contributed by atoms with van der Waals surface area (Å²) < 4.78 is 51.7. The number of ether oxygens (including phenoxy) is 4. The average molecular weight is 877 g/mol. The first-order valence-electron chi connectivity index (χ1n) is 22.5. The molecule has 4 amide bonds. The first-order chi connectivity index (χ1) is 29.6. The van der Waals surface area contributed by atoms with E-state index in [1.807, 2.05) is 43.3 Å². The molecule has 336 valence electrons. The number of nitrogens with one attached hydrogen (secondary N) is 3. The quantitative estimate of drug-likeness (QED) is 0.305. The highest BCUT2D eigenvalue weighted by Gasteiger charge is 2.63. The summed E-state index contributed by atoms with van der Waals surface area (Å²) in [6, 6.07) is 5.42. The molecule has 3 N–H and O–H groups in total. The number of nitrogens with zero attached hydrogens (tertiary/aromatic N) is 3. The van der Waals surface area contributed by atoms with Gasteiger partial charge in [0.25, 0.3) is 5.91 Å². The maximum atomic E-state index is 15.1. The highest BCUT2D eigenvalue weighted by atomic mass is 32.2. The fraction of sp³-hybridized carbons (Fsp3) is 0.667. The molecular weight excluding hydrogens is 817 g/mol. The summed E-state index contributed by atoms with van der Waals surface area (Å²) in [6.07, 6.45) is 8.30. The van der Waals surface area contributed by atoms with Crippen LogP contribution in [0, 0.1) is 29.6 Å². The minimum absolute atomic E-state index is 0.0191. The molecular formula is C45H60N6O10S. The predicted molar refractivity (Wildman–Crippen MR) is 229 cm³/mol. The number of sulfonamides is 1. The number of carbonyl (C=O) groups excluding carboxylic acids is 4. The highest BCUT2D eigenvalue weighted by Crippen LogP contribution is 2.52. The second kappa shape index (κ2) is 16.5. The Morgan fingerprint density at radius 2 is 1.76 bits per heavy atom. The van der Waals surface area contributed by atoms with Crippen LogP contribution >= 0.6 is 0 Å². The maximum Gasteiger partial charge on any atom is 0.408 e. The Balaban J connectivity index is 1.04. The van der Waals surface area contributed by atoms with Crippen molar-refractivity contribution in [2.24, 2.45) is 29.6 Å². The zero-order chi connectivity index (χ0) is 43.6. The van der Waals surface area contributed by atoms with Gasteiger partial charge < -0.3 is 39.4 Å². The van der Waals surface area contributed by atoms with Crippen LogP contribution in [0.15, 0.2) is 36.4 Å². The van der Waals surface area contributed by atoms with E-state index in [1.165, 1.54) is 11.3 Å². The van der Waals surface area contributed by atoms with Crippen molar-refractivity contribution in [2.75, 3.05) is 44.9 Å². The molecule has 4 aliphatic carbocycles. The summed E-state index contributed by atoms with van der Waals surface area (Å²) in [5.74, 6) is 0.376. The Hall–Kier alpha value is -4.64. The molecule has 4 saturated carbocycles. The van der Waals surface area contributed by atoms with E-state index in [0.29, 0.717) is 86.7 Å². The fourth-order valence-corrected chi connectivity index (χ4v) is 11.5. The molecule has 62 heavy (non-hydrogen) atoms. The smallest absolute Gasteiger partial charge is 0.408 e. The third-order valence-corrected chi connectivity index (χ3v) is 16.8. The second-order valence-corrected chi connectivity index (χ2v) is 21.5. The number of hydrogen-bond donors (Lipinski definition) is 3. The molecule has 0 radical (unpaired) electrons. The van der Waals surface area contributed by atoms with Gasteiger partial charge in [0.1, 0.15) is 41.4 Å². The number of morpholine rings is 1. The SMILES string of the molecule is COc1ccc2c(O[C@@H]3C[C@H]4C(=O)N[C@]5(C(=O)NS(=O)(=O)C6(C)CC6)C[C@H]5/C=C\CC[C@H](C)C[C@@H](C)[C@H](NC(=O)O[C@@H]5C[C@@H]6C[C@@H]6C5)C(=O)N4C3)nc(N3CCOCC3)cc2c1. The van der Waals surface area contributed by atoms with E-state index in [-0.39, 0.29) is 37.3 Å². The average Bonchev–Trinajstić information content (AvgIpc) is 4.21. The third-order valence-electron chi connectivity index (χ3n) is 14.6. The molecule has 3 aliphatic heterocycles. The number of aromatic nitrogens is 1. The normalized spacial score (nSPS) is 34.6. The van der Waals surface area contributed by atoms with E-state index in [2.05, 4.69) is 27.2 Å². The molecule has 17 heteroatoms. The standard InChI is InChI=1S/C45H60N6O10S/c1-26-7-5-6-8-31-24-45(31,42(54)49-62(56,57)44(3)11-12-44)48-39(52)36-23-34(25-51(36)41(53)38(27(2)17-26)47-43(55)61-33-19-28-18-29(28)20-33)60-40-35-10-9-32(58-4)21-30(35)22-37(46-40)50-13-15-59-16-14-50/h6,8-10,21-22,26-29,31,33-34,36,38H,5,7,11-20,23-25H2,1-4H3,(H,47,55)(H,48,52)(H,49,54)/b8-6-/t26-,27+,28-,29+,31+,33+,34+,36-,38-,45+/m0/s1. The van der Waals surface area contributed by atoms with Crippen molar-refractivity contribution in [1.82, 2.24) is 25.2 Å². The van der Waals surface area contributed by atoms with Crippen molar-refractivity contribution < 1.29 is 46.5 Å². The molecule has 16 nitrogen and oxygen atoms in total. The van der Waals surface area contributed by atoms with Crippen molar-refractivity contribution in [3.8, 4) is 11.6 Å². The van der Waals surface area contributed by atoms with E-state index < -0.39 is 68.2 Å². The Morgan fingerprint density at radius 1 is 1.00 bits per heavy atom. The maximum absolute atomic E-state index is 15.1. The molecule has 0 unspecified atom stereocenters. The number of fused-ring (bicyclic) bond motifs is 4. The van der Waals surface area contributed by atoms with Gasteiger partial charge in [-0.25, -0.2) is 13.2 Å². The summed E-state index contributed by atoms with van der Waals surface area (Å²) in [6.45, 7) is 8.00. The van der Waals surface area contributed by atoms with Gasteiger partial charge in [-0.15, -0.1) is 0 Å². The number of carbonyl (C=O) groups is 4. The van der Waals surface area contributed by atoms with Crippen molar-refractivity contribution in [1.29, 1.82) is 0 Å². The van der Waals surface area contributed by atoms with Gasteiger partial charge in [-0.3, -0.25) is 19.1 Å². The van der Waals surface area contributed by atoms with Crippen molar-refractivity contribution in [3.63, 3.8) is 0 Å². The molecule has 10 atom stereocenters. The van der Waals surface area contributed by atoms with Crippen molar-refractivity contribution in [3.05, 3.63) is 36.4 Å². The molecule has 9 rings (SSSR count). The predicted octanol–water partition coefficient (Wildman–Crippen LogP) is 4.21. The Morgan fingerprint density at radius 3 is 2.48 bits per heavy atom. The third kappa shape index (κ3) is 8.55. The van der Waals surface area contributed by atoms with Gasteiger partial charge in [-0.05, 0) is 118 Å². The molecule has 1 aromatic heterocycles. The molecule has 0 bridgehead atoms. The minimum Gasteiger partial charge on any atom is -0.497 e. The Bertz CT molecular complexity index is 2240. The van der Waals surface area contributed by atoms with Gasteiger partial charge in [-0.1, -0.05) is 26.0 Å². The topological polar surface area (TPSA) is 195 Å². The van der Waals surface area contributed by atoms with Crippen LogP contribution in [0.3, 0.4) is 0 Å².